The first-order valence-corrected chi connectivity index (χ1v) is 8.14. The van der Waals surface area contributed by atoms with Gasteiger partial charge < -0.3 is 10.3 Å². The van der Waals surface area contributed by atoms with Crippen molar-refractivity contribution in [2.45, 2.75) is 25.9 Å². The van der Waals surface area contributed by atoms with Gasteiger partial charge in [-0.1, -0.05) is 17.4 Å². The molecule has 0 aliphatic carbocycles. The van der Waals surface area contributed by atoms with Crippen LogP contribution in [0, 0.1) is 0 Å². The molecule has 1 aliphatic rings. The highest BCUT2D eigenvalue weighted by molar-refractivity contribution is 5.76. The fourth-order valence-electron chi connectivity index (χ4n) is 2.73. The van der Waals surface area contributed by atoms with E-state index in [0.717, 1.165) is 29.8 Å². The summed E-state index contributed by atoms with van der Waals surface area (Å²) in [6.07, 6.45) is 2.58. The SMILES string of the molecule is NCCCn1c(CN2C/C(=C/CC(=O)NO)N=N2)nc2ccccc21. The van der Waals surface area contributed by atoms with Gasteiger partial charge in [-0.05, 0) is 31.2 Å². The summed E-state index contributed by atoms with van der Waals surface area (Å²) in [5, 5.41) is 18.5. The Bertz CT molecular complexity index is 812. The van der Waals surface area contributed by atoms with Gasteiger partial charge in [-0.3, -0.25) is 15.0 Å². The predicted molar refractivity (Wildman–Crippen MR) is 91.3 cm³/mol. The molecule has 1 amide bonds. The number of hydroxylamine groups is 1. The maximum atomic E-state index is 11.1. The Morgan fingerprint density at radius 2 is 2.24 bits per heavy atom. The van der Waals surface area contributed by atoms with E-state index >= 15 is 0 Å². The van der Waals surface area contributed by atoms with E-state index in [4.69, 9.17) is 15.9 Å². The van der Waals surface area contributed by atoms with E-state index in [1.165, 1.54) is 0 Å². The van der Waals surface area contributed by atoms with Crippen LogP contribution in [0.4, 0.5) is 0 Å². The second kappa shape index (κ2) is 7.86. The average Bonchev–Trinajstić information content (AvgIpc) is 3.22. The number of hydrogen-bond donors (Lipinski definition) is 3. The molecule has 1 aromatic heterocycles. The lowest BCUT2D eigenvalue weighted by atomic mass is 10.3. The molecule has 2 heterocycles. The molecule has 0 radical (unpaired) electrons. The van der Waals surface area contributed by atoms with E-state index in [0.29, 0.717) is 25.3 Å². The Labute approximate surface area is 144 Å². The van der Waals surface area contributed by atoms with Crippen molar-refractivity contribution in [1.29, 1.82) is 0 Å². The molecule has 0 bridgehead atoms. The standard InChI is InChI=1S/C16H21N7O2/c17-8-3-9-23-14-5-2-1-4-13(14)18-15(23)11-22-10-12(19-21-22)6-7-16(24)20-25/h1-2,4-6,25H,3,7-11,17H2,(H,20,24)/b12-6-. The Hall–Kier alpha value is -2.78. The highest BCUT2D eigenvalue weighted by atomic mass is 16.5. The van der Waals surface area contributed by atoms with E-state index < -0.39 is 5.91 Å². The van der Waals surface area contributed by atoms with Crippen molar-refractivity contribution < 1.29 is 10.0 Å². The third kappa shape index (κ3) is 4.01. The Morgan fingerprint density at radius 3 is 3.04 bits per heavy atom. The number of fused-ring (bicyclic) bond motifs is 1. The Kier molecular flexibility index (Phi) is 5.36. The summed E-state index contributed by atoms with van der Waals surface area (Å²) < 4.78 is 2.17. The molecule has 132 valence electrons. The zero-order chi connectivity index (χ0) is 17.6. The van der Waals surface area contributed by atoms with Gasteiger partial charge in [-0.25, -0.2) is 10.5 Å². The van der Waals surface area contributed by atoms with Crippen LogP contribution in [0.1, 0.15) is 18.7 Å². The van der Waals surface area contributed by atoms with Gasteiger partial charge in [0.1, 0.15) is 5.82 Å². The van der Waals surface area contributed by atoms with Gasteiger partial charge in [-0.15, -0.1) is 5.11 Å². The number of amides is 1. The summed E-state index contributed by atoms with van der Waals surface area (Å²) >= 11 is 0. The Morgan fingerprint density at radius 1 is 1.40 bits per heavy atom. The van der Waals surface area contributed by atoms with Crippen molar-refractivity contribution in [3.8, 4) is 0 Å². The molecule has 9 heteroatoms. The topological polar surface area (TPSA) is 121 Å². The first-order valence-electron chi connectivity index (χ1n) is 8.14. The number of hydrogen-bond acceptors (Lipinski definition) is 7. The van der Waals surface area contributed by atoms with Gasteiger partial charge in [0.15, 0.2) is 0 Å². The smallest absolute Gasteiger partial charge is 0.247 e. The van der Waals surface area contributed by atoms with Gasteiger partial charge in [-0.2, -0.15) is 0 Å². The van der Waals surface area contributed by atoms with Crippen LogP contribution in [0.15, 0.2) is 46.4 Å². The molecule has 0 saturated carbocycles. The van der Waals surface area contributed by atoms with Crippen LogP contribution in [0.25, 0.3) is 11.0 Å². The first-order chi connectivity index (χ1) is 12.2. The van der Waals surface area contributed by atoms with E-state index in [9.17, 15) is 4.79 Å². The molecule has 0 unspecified atom stereocenters. The number of benzene rings is 1. The van der Waals surface area contributed by atoms with Gasteiger partial charge in [0.2, 0.25) is 5.91 Å². The number of imidazole rings is 1. The van der Waals surface area contributed by atoms with Gasteiger partial charge in [0.25, 0.3) is 0 Å². The number of aryl methyl sites for hydroxylation is 1. The highest BCUT2D eigenvalue weighted by Crippen LogP contribution is 2.20. The lowest BCUT2D eigenvalue weighted by Crippen LogP contribution is -2.19. The van der Waals surface area contributed by atoms with Crippen LogP contribution >= 0.6 is 0 Å². The molecule has 0 atom stereocenters. The maximum absolute atomic E-state index is 11.1. The van der Waals surface area contributed by atoms with E-state index in [1.54, 1.807) is 16.6 Å². The normalized spacial score (nSPS) is 15.4. The van der Waals surface area contributed by atoms with Gasteiger partial charge >= 0.3 is 0 Å². The molecule has 1 aliphatic heterocycles. The number of aromatic nitrogens is 2. The highest BCUT2D eigenvalue weighted by Gasteiger charge is 2.18. The number of carbonyl (C=O) groups is 1. The lowest BCUT2D eigenvalue weighted by Gasteiger charge is -2.13. The van der Waals surface area contributed by atoms with Gasteiger partial charge in [0, 0.05) is 13.0 Å². The van der Waals surface area contributed by atoms with Crippen molar-refractivity contribution in [3.05, 3.63) is 41.9 Å². The molecular weight excluding hydrogens is 322 g/mol. The minimum atomic E-state index is -0.482. The molecular formula is C16H21N7O2. The van der Waals surface area contributed by atoms with Crippen LogP contribution < -0.4 is 11.2 Å². The number of nitrogens with one attached hydrogen (secondary N) is 1. The summed E-state index contributed by atoms with van der Waals surface area (Å²) in [7, 11) is 0. The maximum Gasteiger partial charge on any atom is 0.247 e. The summed E-state index contributed by atoms with van der Waals surface area (Å²) in [4.78, 5) is 15.8. The zero-order valence-electron chi connectivity index (χ0n) is 13.8. The first kappa shape index (κ1) is 17.1. The number of carbonyl (C=O) groups excluding carboxylic acids is 1. The van der Waals surface area contributed by atoms with Crippen LogP contribution in [0.5, 0.6) is 0 Å². The molecule has 4 N–H and O–H groups in total. The fraction of sp³-hybridized carbons (Fsp3) is 0.375. The lowest BCUT2D eigenvalue weighted by molar-refractivity contribution is -0.128. The van der Waals surface area contributed by atoms with Crippen LogP contribution in [0.2, 0.25) is 0 Å². The number of para-hydroxylation sites is 2. The largest absolute Gasteiger partial charge is 0.330 e. The van der Waals surface area contributed by atoms with Crippen molar-refractivity contribution in [1.82, 2.24) is 20.0 Å². The average molecular weight is 343 g/mol. The molecule has 0 saturated heterocycles. The number of nitrogens with two attached hydrogens (primary N) is 1. The minimum absolute atomic E-state index is 0.0632. The molecule has 9 nitrogen and oxygen atoms in total. The Balaban J connectivity index is 1.73. The fourth-order valence-corrected chi connectivity index (χ4v) is 2.73. The molecule has 2 aromatic rings. The van der Waals surface area contributed by atoms with Crippen molar-refractivity contribution in [3.63, 3.8) is 0 Å². The molecule has 25 heavy (non-hydrogen) atoms. The van der Waals surface area contributed by atoms with Crippen LogP contribution in [-0.2, 0) is 17.9 Å². The summed E-state index contributed by atoms with van der Waals surface area (Å²) in [6, 6.07) is 8.00. The summed E-state index contributed by atoms with van der Waals surface area (Å²) in [5.41, 5.74) is 9.96. The molecule has 1 aromatic carbocycles. The van der Waals surface area contributed by atoms with E-state index in [2.05, 4.69) is 14.9 Å². The third-order valence-electron chi connectivity index (χ3n) is 3.94. The quantitative estimate of drug-likeness (QED) is 0.517. The second-order valence-corrected chi connectivity index (χ2v) is 5.76. The zero-order valence-corrected chi connectivity index (χ0v) is 13.8. The predicted octanol–water partition coefficient (Wildman–Crippen LogP) is 1.35. The monoisotopic (exact) mass is 343 g/mol. The van der Waals surface area contributed by atoms with Gasteiger partial charge in [0.05, 0.1) is 29.8 Å². The van der Waals surface area contributed by atoms with E-state index in [1.807, 2.05) is 24.3 Å². The summed E-state index contributed by atoms with van der Waals surface area (Å²) in [6.45, 7) is 2.44. The van der Waals surface area contributed by atoms with Crippen LogP contribution in [-0.4, -0.2) is 38.8 Å². The minimum Gasteiger partial charge on any atom is -0.330 e. The summed E-state index contributed by atoms with van der Waals surface area (Å²) in [5.74, 6) is 0.424. The number of rotatable bonds is 7. The van der Waals surface area contributed by atoms with Crippen LogP contribution in [0.3, 0.4) is 0 Å². The molecule has 0 fully saturated rings. The number of nitrogens with zero attached hydrogens (tertiary/aromatic N) is 5. The van der Waals surface area contributed by atoms with E-state index in [-0.39, 0.29) is 6.42 Å². The van der Waals surface area contributed by atoms with Crippen molar-refractivity contribution >= 4 is 16.9 Å². The third-order valence-corrected chi connectivity index (χ3v) is 3.94. The molecule has 3 rings (SSSR count). The van der Waals surface area contributed by atoms with Crippen molar-refractivity contribution in [2.24, 2.45) is 16.1 Å². The molecule has 0 spiro atoms. The second-order valence-electron chi connectivity index (χ2n) is 5.76. The van der Waals surface area contributed by atoms with Crippen molar-refractivity contribution in [2.75, 3.05) is 13.1 Å².